The Hall–Kier alpha value is -1.86. The second kappa shape index (κ2) is 6.53. The Bertz CT molecular complexity index is 519. The molecule has 1 aliphatic heterocycles. The lowest BCUT2D eigenvalue weighted by atomic mass is 10.1. The van der Waals surface area contributed by atoms with Gasteiger partial charge in [0.05, 0.1) is 11.6 Å². The zero-order valence-electron chi connectivity index (χ0n) is 12.1. The van der Waals surface area contributed by atoms with Gasteiger partial charge in [-0.15, -0.1) is 0 Å². The molecule has 1 aliphatic rings. The van der Waals surface area contributed by atoms with E-state index in [9.17, 15) is 4.79 Å². The average Bonchev–Trinajstić information content (AvgIpc) is 2.94. The van der Waals surface area contributed by atoms with E-state index in [4.69, 9.17) is 5.26 Å². The summed E-state index contributed by atoms with van der Waals surface area (Å²) in [6.07, 6.45) is 1.14. The van der Waals surface area contributed by atoms with Gasteiger partial charge >= 0.3 is 0 Å². The normalized spacial score (nSPS) is 19.0. The van der Waals surface area contributed by atoms with Crippen LogP contribution in [-0.4, -0.2) is 36.5 Å². The van der Waals surface area contributed by atoms with Crippen molar-refractivity contribution in [3.8, 4) is 6.07 Å². The summed E-state index contributed by atoms with van der Waals surface area (Å²) in [7, 11) is 0. The number of carbonyl (C=O) groups excluding carboxylic acids is 1. The van der Waals surface area contributed by atoms with E-state index in [1.165, 1.54) is 0 Å². The topological polar surface area (TPSA) is 56.1 Å². The highest BCUT2D eigenvalue weighted by Crippen LogP contribution is 2.17. The Morgan fingerprint density at radius 2 is 2.35 bits per heavy atom. The fourth-order valence-electron chi connectivity index (χ4n) is 2.57. The number of nitriles is 1. The van der Waals surface area contributed by atoms with Crippen molar-refractivity contribution in [1.29, 1.82) is 5.26 Å². The lowest BCUT2D eigenvalue weighted by Gasteiger charge is -2.20. The van der Waals surface area contributed by atoms with Crippen molar-refractivity contribution in [2.75, 3.05) is 19.6 Å². The smallest absolute Gasteiger partial charge is 0.251 e. The number of nitrogens with one attached hydrogen (secondary N) is 1. The molecular weight excluding hydrogens is 250 g/mol. The van der Waals surface area contributed by atoms with Crippen LogP contribution in [0.1, 0.15) is 36.2 Å². The SMILES string of the molecule is CC(C)N1CCC(CNC(=O)c2cccc(C#N)c2)C1. The van der Waals surface area contributed by atoms with E-state index in [0.29, 0.717) is 29.6 Å². The summed E-state index contributed by atoms with van der Waals surface area (Å²) >= 11 is 0. The molecule has 0 spiro atoms. The van der Waals surface area contributed by atoms with Crippen LogP contribution in [0.3, 0.4) is 0 Å². The molecule has 1 atom stereocenters. The Morgan fingerprint density at radius 1 is 1.55 bits per heavy atom. The fraction of sp³-hybridized carbons (Fsp3) is 0.500. The maximum Gasteiger partial charge on any atom is 0.251 e. The van der Waals surface area contributed by atoms with Crippen molar-refractivity contribution in [3.05, 3.63) is 35.4 Å². The third kappa shape index (κ3) is 3.58. The number of carbonyl (C=O) groups is 1. The van der Waals surface area contributed by atoms with Crippen LogP contribution < -0.4 is 5.32 Å². The number of amides is 1. The van der Waals surface area contributed by atoms with E-state index in [1.807, 2.05) is 0 Å². The molecule has 1 aromatic carbocycles. The molecule has 4 nitrogen and oxygen atoms in total. The summed E-state index contributed by atoms with van der Waals surface area (Å²) < 4.78 is 0. The highest BCUT2D eigenvalue weighted by atomic mass is 16.1. The Morgan fingerprint density at radius 3 is 3.00 bits per heavy atom. The van der Waals surface area contributed by atoms with Gasteiger partial charge in [0.1, 0.15) is 0 Å². The van der Waals surface area contributed by atoms with Crippen molar-refractivity contribution in [3.63, 3.8) is 0 Å². The number of likely N-dealkylation sites (tertiary alicyclic amines) is 1. The van der Waals surface area contributed by atoms with Crippen LogP contribution in [0.15, 0.2) is 24.3 Å². The Kier molecular flexibility index (Phi) is 4.75. The molecule has 1 saturated heterocycles. The molecule has 0 aromatic heterocycles. The van der Waals surface area contributed by atoms with Crippen molar-refractivity contribution >= 4 is 5.91 Å². The maximum atomic E-state index is 12.1. The van der Waals surface area contributed by atoms with Gasteiger partial charge in [0.25, 0.3) is 5.91 Å². The molecule has 0 bridgehead atoms. The number of benzene rings is 1. The standard InChI is InChI=1S/C16H21N3O/c1-12(2)19-7-6-14(11-19)10-18-16(20)15-5-3-4-13(8-15)9-17/h3-5,8,12,14H,6-7,10-11H2,1-2H3,(H,18,20). The van der Waals surface area contributed by atoms with Gasteiger partial charge in [0, 0.05) is 24.7 Å². The van der Waals surface area contributed by atoms with Gasteiger partial charge in [0.15, 0.2) is 0 Å². The monoisotopic (exact) mass is 271 g/mol. The van der Waals surface area contributed by atoms with Crippen LogP contribution in [0.2, 0.25) is 0 Å². The summed E-state index contributed by atoms with van der Waals surface area (Å²) in [5.74, 6) is 0.436. The van der Waals surface area contributed by atoms with Gasteiger partial charge < -0.3 is 10.2 Å². The Balaban J connectivity index is 1.85. The average molecular weight is 271 g/mol. The molecule has 1 fully saturated rings. The van der Waals surface area contributed by atoms with Gasteiger partial charge in [-0.2, -0.15) is 5.26 Å². The summed E-state index contributed by atoms with van der Waals surface area (Å²) in [5.41, 5.74) is 1.08. The molecule has 1 amide bonds. The molecule has 0 aliphatic carbocycles. The van der Waals surface area contributed by atoms with Crippen molar-refractivity contribution in [2.24, 2.45) is 5.92 Å². The third-order valence-electron chi connectivity index (χ3n) is 3.85. The predicted molar refractivity (Wildman–Crippen MR) is 78.3 cm³/mol. The summed E-state index contributed by atoms with van der Waals surface area (Å²) in [6, 6.07) is 9.44. The van der Waals surface area contributed by atoms with Crippen molar-refractivity contribution in [2.45, 2.75) is 26.3 Å². The lowest BCUT2D eigenvalue weighted by molar-refractivity contribution is 0.0947. The van der Waals surface area contributed by atoms with Crippen LogP contribution in [0.4, 0.5) is 0 Å². The first-order valence-electron chi connectivity index (χ1n) is 7.12. The minimum atomic E-state index is -0.0925. The zero-order valence-corrected chi connectivity index (χ0v) is 12.1. The van der Waals surface area contributed by atoms with Crippen LogP contribution in [-0.2, 0) is 0 Å². The molecule has 2 rings (SSSR count). The van der Waals surface area contributed by atoms with Crippen LogP contribution in [0, 0.1) is 17.2 Å². The third-order valence-corrected chi connectivity index (χ3v) is 3.85. The Labute approximate surface area is 120 Å². The minimum absolute atomic E-state index is 0.0925. The van der Waals surface area contributed by atoms with E-state index in [-0.39, 0.29) is 5.91 Å². The first-order valence-corrected chi connectivity index (χ1v) is 7.12. The lowest BCUT2D eigenvalue weighted by Crippen LogP contribution is -2.33. The van der Waals surface area contributed by atoms with E-state index in [1.54, 1.807) is 24.3 Å². The molecule has 1 heterocycles. The second-order valence-corrected chi connectivity index (χ2v) is 5.65. The molecule has 106 valence electrons. The largest absolute Gasteiger partial charge is 0.352 e. The van der Waals surface area contributed by atoms with Gasteiger partial charge in [-0.1, -0.05) is 6.07 Å². The number of rotatable bonds is 4. The summed E-state index contributed by atoms with van der Waals surface area (Å²) in [5, 5.41) is 11.8. The molecule has 0 saturated carbocycles. The van der Waals surface area contributed by atoms with E-state index in [0.717, 1.165) is 19.5 Å². The van der Waals surface area contributed by atoms with E-state index < -0.39 is 0 Å². The maximum absolute atomic E-state index is 12.1. The molecule has 4 heteroatoms. The molecule has 1 N–H and O–H groups in total. The van der Waals surface area contributed by atoms with Gasteiger partial charge in [0.2, 0.25) is 0 Å². The molecule has 1 unspecified atom stereocenters. The van der Waals surface area contributed by atoms with Crippen molar-refractivity contribution < 1.29 is 4.79 Å². The first kappa shape index (κ1) is 14.5. The summed E-state index contributed by atoms with van der Waals surface area (Å²) in [6.45, 7) is 7.28. The second-order valence-electron chi connectivity index (χ2n) is 5.65. The fourth-order valence-corrected chi connectivity index (χ4v) is 2.57. The highest BCUT2D eigenvalue weighted by molar-refractivity contribution is 5.94. The minimum Gasteiger partial charge on any atom is -0.352 e. The quantitative estimate of drug-likeness (QED) is 0.911. The molecule has 20 heavy (non-hydrogen) atoms. The predicted octanol–water partition coefficient (Wildman–Crippen LogP) is 2.02. The number of hydrogen-bond acceptors (Lipinski definition) is 3. The van der Waals surface area contributed by atoms with Gasteiger partial charge in [-0.25, -0.2) is 0 Å². The molecule has 0 radical (unpaired) electrons. The highest BCUT2D eigenvalue weighted by Gasteiger charge is 2.24. The van der Waals surface area contributed by atoms with Crippen LogP contribution in [0.5, 0.6) is 0 Å². The van der Waals surface area contributed by atoms with Gasteiger partial charge in [-0.3, -0.25) is 4.79 Å². The molecule has 1 aromatic rings. The van der Waals surface area contributed by atoms with Crippen LogP contribution in [0.25, 0.3) is 0 Å². The van der Waals surface area contributed by atoms with Gasteiger partial charge in [-0.05, 0) is 50.9 Å². The zero-order chi connectivity index (χ0) is 14.5. The summed E-state index contributed by atoms with van der Waals surface area (Å²) in [4.78, 5) is 14.5. The number of nitrogens with zero attached hydrogens (tertiary/aromatic N) is 2. The van der Waals surface area contributed by atoms with E-state index in [2.05, 4.69) is 30.1 Å². The van der Waals surface area contributed by atoms with Crippen molar-refractivity contribution in [1.82, 2.24) is 10.2 Å². The first-order chi connectivity index (χ1) is 9.60. The van der Waals surface area contributed by atoms with E-state index >= 15 is 0 Å². The van der Waals surface area contributed by atoms with Crippen LogP contribution >= 0.6 is 0 Å². The number of hydrogen-bond donors (Lipinski definition) is 1. The molecular formula is C16H21N3O.